The van der Waals surface area contributed by atoms with Gasteiger partial charge in [0.2, 0.25) is 0 Å². The highest BCUT2D eigenvalue weighted by atomic mass is 32.1. The maximum atomic E-state index is 6.28. The molecule has 0 unspecified atom stereocenters. The van der Waals surface area contributed by atoms with Gasteiger partial charge in [0.25, 0.3) is 0 Å². The van der Waals surface area contributed by atoms with Crippen LogP contribution in [0.1, 0.15) is 190 Å². The molecule has 0 N–H and O–H groups in total. The molecule has 13 aromatic carbocycles. The van der Waals surface area contributed by atoms with Gasteiger partial charge in [-0.05, 0) is 285 Å². The molecule has 0 bridgehead atoms. The van der Waals surface area contributed by atoms with Crippen molar-refractivity contribution in [2.75, 3.05) is 9.80 Å². The first-order valence-corrected chi connectivity index (χ1v) is 45.2. The standard InChI is InChI=1S/C114H108N2O2S2/c1-9-15-19-83-35-51-93(52-36-83)113(94-53-37-84(38-54-94)20-16-10-2)105-71-104-106(72-103(105)111-107(113)73-109(119-111)91-47-67-101(68-48-91)115(97-59-23-79(7)24-60-97)99-63-43-89(44-64-99)77-117-75-87-31-27-81(13-5)28-32-87)114(95-55-39-85(40-56-95)21-17-11-3,96-57-41-86(42-58-96)22-18-12-4)108-74-110(120-112(104)108)92-49-69-102(70-50-92)116(98-61-25-80(8)26-62-98)100-65-45-90(46-66-100)78-118-76-88-33-29-82(14-6)30-34-88/h13-14,23-74H,5-6,9-12,15-22,75-78H2,1-4,7-8H3. The Hall–Kier alpha value is -11.7. The fourth-order valence-electron chi connectivity index (χ4n) is 18.1. The molecule has 2 aliphatic carbocycles. The number of hydrogen-bond donors (Lipinski definition) is 0. The summed E-state index contributed by atoms with van der Waals surface area (Å²) in [5.74, 6) is 0. The highest BCUT2D eigenvalue weighted by Crippen LogP contribution is 2.66. The van der Waals surface area contributed by atoms with Crippen molar-refractivity contribution in [1.82, 2.24) is 0 Å². The Morgan fingerprint density at radius 2 is 0.525 bits per heavy atom. The van der Waals surface area contributed by atoms with Crippen molar-refractivity contribution in [3.63, 3.8) is 0 Å². The molecule has 2 heterocycles. The van der Waals surface area contributed by atoms with Gasteiger partial charge in [-0.25, -0.2) is 0 Å². The van der Waals surface area contributed by atoms with Crippen LogP contribution in [0.2, 0.25) is 0 Å². The number of unbranched alkanes of at least 4 members (excludes halogenated alkanes) is 4. The first-order chi connectivity index (χ1) is 59.0. The lowest BCUT2D eigenvalue weighted by molar-refractivity contribution is 0.107. The van der Waals surface area contributed by atoms with Crippen LogP contribution in [0.15, 0.2) is 329 Å². The van der Waals surface area contributed by atoms with E-state index in [1.807, 2.05) is 34.8 Å². The number of ether oxygens (including phenoxy) is 2. The van der Waals surface area contributed by atoms with E-state index in [1.165, 1.54) is 120 Å². The molecule has 0 saturated heterocycles. The molecule has 17 rings (SSSR count). The number of benzene rings is 13. The summed E-state index contributed by atoms with van der Waals surface area (Å²) in [5, 5.41) is 0. The molecule has 0 amide bonds. The molecule has 0 aliphatic heterocycles. The van der Waals surface area contributed by atoms with E-state index in [2.05, 4.69) is 380 Å². The van der Waals surface area contributed by atoms with Crippen LogP contribution >= 0.6 is 22.7 Å². The van der Waals surface area contributed by atoms with E-state index in [0.717, 1.165) is 145 Å². The van der Waals surface area contributed by atoms with E-state index in [-0.39, 0.29) is 0 Å². The molecule has 6 heteroatoms. The van der Waals surface area contributed by atoms with E-state index in [0.29, 0.717) is 26.4 Å². The number of rotatable bonds is 34. The second-order valence-corrected chi connectivity index (χ2v) is 35.1. The second kappa shape index (κ2) is 36.5. The highest BCUT2D eigenvalue weighted by molar-refractivity contribution is 7.19. The predicted molar refractivity (Wildman–Crippen MR) is 511 cm³/mol. The molecular weight excluding hydrogens is 1490 g/mol. The monoisotopic (exact) mass is 1600 g/mol. The molecule has 2 aromatic heterocycles. The Kier molecular flexibility index (Phi) is 24.5. The van der Waals surface area contributed by atoms with Crippen LogP contribution in [-0.2, 0) is 72.4 Å². The highest BCUT2D eigenvalue weighted by Gasteiger charge is 2.53. The van der Waals surface area contributed by atoms with Crippen LogP contribution in [0, 0.1) is 13.8 Å². The summed E-state index contributed by atoms with van der Waals surface area (Å²) in [6.07, 6.45) is 17.2. The van der Waals surface area contributed by atoms with Gasteiger partial charge in [0, 0.05) is 53.6 Å². The zero-order valence-corrected chi connectivity index (χ0v) is 72.1. The third kappa shape index (κ3) is 16.4. The van der Waals surface area contributed by atoms with E-state index >= 15 is 0 Å². The van der Waals surface area contributed by atoms with Crippen LogP contribution in [0.3, 0.4) is 0 Å². The molecule has 0 atom stereocenters. The molecule has 598 valence electrons. The lowest BCUT2D eigenvalue weighted by atomic mass is 9.65. The third-order valence-electron chi connectivity index (χ3n) is 24.9. The Bertz CT molecular complexity index is 5520. The van der Waals surface area contributed by atoms with Crippen molar-refractivity contribution >= 4 is 68.9 Å². The zero-order valence-electron chi connectivity index (χ0n) is 70.4. The summed E-state index contributed by atoms with van der Waals surface area (Å²) in [4.78, 5) is 9.92. The fourth-order valence-corrected chi connectivity index (χ4v) is 20.6. The third-order valence-corrected chi connectivity index (χ3v) is 27.3. The number of aryl methyl sites for hydroxylation is 6. The SMILES string of the molecule is C=Cc1ccc(COCc2ccc(N(c3ccc(C)cc3)c3ccc(-c4cc5c(s4)-c4cc6c(cc4C5(c4ccc(CCCC)cc4)c4ccc(CCCC)cc4)-c4sc(-c5ccc(N(c7ccc(C)cc7)c7ccc(COCc8ccc(C=C)cc8)cc7)cc5)cc4C6(c4ccc(CCCC)cc4)c4ccc(CCCC)cc4)cc3)cc2)cc1. The minimum Gasteiger partial charge on any atom is -0.372 e. The zero-order chi connectivity index (χ0) is 82.1. The molecule has 0 spiro atoms. The van der Waals surface area contributed by atoms with Gasteiger partial charge in [0.05, 0.1) is 37.3 Å². The number of hydrogen-bond acceptors (Lipinski definition) is 6. The quantitative estimate of drug-likeness (QED) is 0.0401. The number of thiophene rings is 2. The molecule has 0 fully saturated rings. The minimum atomic E-state index is -0.684. The lowest BCUT2D eigenvalue weighted by Gasteiger charge is -2.36. The van der Waals surface area contributed by atoms with E-state index < -0.39 is 10.8 Å². The molecule has 0 saturated carbocycles. The first-order valence-electron chi connectivity index (χ1n) is 43.5. The molecule has 2 aliphatic rings. The van der Waals surface area contributed by atoms with Crippen LogP contribution < -0.4 is 9.80 Å². The number of fused-ring (bicyclic) bond motifs is 6. The van der Waals surface area contributed by atoms with E-state index in [1.54, 1.807) is 0 Å². The summed E-state index contributed by atoms with van der Waals surface area (Å²) >= 11 is 3.93. The van der Waals surface area contributed by atoms with Crippen molar-refractivity contribution in [3.05, 3.63) is 440 Å². The summed E-state index contributed by atoms with van der Waals surface area (Å²) in [7, 11) is 0. The van der Waals surface area contributed by atoms with Gasteiger partial charge in [-0.2, -0.15) is 0 Å². The van der Waals surface area contributed by atoms with Gasteiger partial charge >= 0.3 is 0 Å². The summed E-state index contributed by atoms with van der Waals surface area (Å²) in [6, 6.07) is 121. The lowest BCUT2D eigenvalue weighted by Crippen LogP contribution is -2.30. The predicted octanol–water partition coefficient (Wildman–Crippen LogP) is 31.5. The minimum absolute atomic E-state index is 0.517. The molecular formula is C114H108N2O2S2. The van der Waals surface area contributed by atoms with Crippen LogP contribution in [0.5, 0.6) is 0 Å². The molecule has 120 heavy (non-hydrogen) atoms. The summed E-state index contributed by atoms with van der Waals surface area (Å²) in [6.45, 7) is 23.5. The van der Waals surface area contributed by atoms with Crippen molar-refractivity contribution in [2.45, 2.75) is 156 Å². The average molecular weight is 1600 g/mol. The van der Waals surface area contributed by atoms with Gasteiger partial charge in [0.15, 0.2) is 0 Å². The van der Waals surface area contributed by atoms with Gasteiger partial charge in [-0.15, -0.1) is 22.7 Å². The van der Waals surface area contributed by atoms with Gasteiger partial charge in [0.1, 0.15) is 0 Å². The van der Waals surface area contributed by atoms with Crippen molar-refractivity contribution in [2.24, 2.45) is 0 Å². The summed E-state index contributed by atoms with van der Waals surface area (Å²) < 4.78 is 12.6. The van der Waals surface area contributed by atoms with E-state index in [4.69, 9.17) is 9.47 Å². The number of anilines is 6. The van der Waals surface area contributed by atoms with Gasteiger partial charge < -0.3 is 19.3 Å². The Labute approximate surface area is 720 Å². The molecule has 15 aromatic rings. The largest absolute Gasteiger partial charge is 0.372 e. The van der Waals surface area contributed by atoms with E-state index in [9.17, 15) is 0 Å². The Morgan fingerprint density at radius 3 is 0.783 bits per heavy atom. The van der Waals surface area contributed by atoms with Crippen molar-refractivity contribution in [3.8, 4) is 41.8 Å². The van der Waals surface area contributed by atoms with Gasteiger partial charge in [-0.3, -0.25) is 0 Å². The summed E-state index contributed by atoms with van der Waals surface area (Å²) in [5.41, 5.74) is 35.5. The molecule has 0 radical (unpaired) electrons. The molecule has 4 nitrogen and oxygen atoms in total. The smallest absolute Gasteiger partial charge is 0.0722 e. The number of nitrogens with zero attached hydrogens (tertiary/aromatic N) is 2. The van der Waals surface area contributed by atoms with Gasteiger partial charge in [-0.1, -0.05) is 308 Å². The van der Waals surface area contributed by atoms with Crippen molar-refractivity contribution < 1.29 is 9.47 Å². The average Bonchev–Trinajstić information content (AvgIpc) is 1.50. The maximum absolute atomic E-state index is 6.28. The van der Waals surface area contributed by atoms with Crippen LogP contribution in [0.4, 0.5) is 34.1 Å². The topological polar surface area (TPSA) is 24.9 Å². The van der Waals surface area contributed by atoms with Crippen molar-refractivity contribution in [1.29, 1.82) is 0 Å². The fraction of sp³-hybridized carbons (Fsp3) is 0.211. The normalized spacial score (nSPS) is 12.7. The first kappa shape index (κ1) is 80.7. The van der Waals surface area contributed by atoms with Crippen LogP contribution in [-0.4, -0.2) is 0 Å². The van der Waals surface area contributed by atoms with Crippen LogP contribution in [0.25, 0.3) is 53.9 Å². The maximum Gasteiger partial charge on any atom is 0.0722 e. The Morgan fingerprint density at radius 1 is 0.283 bits per heavy atom. The second-order valence-electron chi connectivity index (χ2n) is 33.0. The Balaban J connectivity index is 0.813.